The van der Waals surface area contributed by atoms with Gasteiger partial charge in [-0.3, -0.25) is 4.90 Å². The van der Waals surface area contributed by atoms with Crippen LogP contribution in [0.1, 0.15) is 21.7 Å². The third-order valence-corrected chi connectivity index (χ3v) is 2.67. The summed E-state index contributed by atoms with van der Waals surface area (Å²) in [4.78, 5) is 12.6. The van der Waals surface area contributed by atoms with Gasteiger partial charge in [0.1, 0.15) is 17.8 Å². The summed E-state index contributed by atoms with van der Waals surface area (Å²) < 4.78 is 18.2. The Morgan fingerprint density at radius 3 is 2.79 bits per heavy atom. The Kier molecular flexibility index (Phi) is 3.97. The number of aromatic carboxylic acids is 1. The van der Waals surface area contributed by atoms with E-state index in [4.69, 9.17) is 9.52 Å². The van der Waals surface area contributed by atoms with Crippen LogP contribution >= 0.6 is 0 Å². The second-order valence-electron chi connectivity index (χ2n) is 4.41. The fourth-order valence-corrected chi connectivity index (χ4v) is 1.84. The van der Waals surface area contributed by atoms with Crippen LogP contribution in [0, 0.1) is 5.82 Å². The van der Waals surface area contributed by atoms with Crippen LogP contribution in [0.15, 0.2) is 41.0 Å². The quantitative estimate of drug-likeness (QED) is 0.901. The first-order valence-electron chi connectivity index (χ1n) is 5.78. The molecule has 2 aromatic rings. The molecule has 0 aliphatic heterocycles. The standard InChI is InChI=1S/C14H14FNO3/c1-16(7-10-3-2-4-12(15)5-10)8-13-6-11(9-19-13)14(17)18/h2-6,9H,7-8H2,1H3,(H,17,18). The molecule has 4 nitrogen and oxygen atoms in total. The predicted molar refractivity (Wildman–Crippen MR) is 67.2 cm³/mol. The first kappa shape index (κ1) is 13.3. The molecule has 1 aromatic carbocycles. The zero-order valence-corrected chi connectivity index (χ0v) is 10.5. The SMILES string of the molecule is CN(Cc1cccc(F)c1)Cc1cc(C(=O)O)co1. The monoisotopic (exact) mass is 263 g/mol. The lowest BCUT2D eigenvalue weighted by Gasteiger charge is -2.14. The molecule has 100 valence electrons. The molecule has 19 heavy (non-hydrogen) atoms. The summed E-state index contributed by atoms with van der Waals surface area (Å²) in [6.07, 6.45) is 1.22. The van der Waals surface area contributed by atoms with E-state index in [1.807, 2.05) is 18.0 Å². The normalized spacial score (nSPS) is 10.9. The van der Waals surface area contributed by atoms with Crippen molar-refractivity contribution in [3.8, 4) is 0 Å². The second kappa shape index (κ2) is 5.67. The lowest BCUT2D eigenvalue weighted by molar-refractivity contribution is 0.0696. The molecule has 1 heterocycles. The van der Waals surface area contributed by atoms with Gasteiger partial charge in [0, 0.05) is 6.54 Å². The van der Waals surface area contributed by atoms with Gasteiger partial charge in [-0.2, -0.15) is 0 Å². The number of hydrogen-bond acceptors (Lipinski definition) is 3. The van der Waals surface area contributed by atoms with Crippen molar-refractivity contribution in [2.75, 3.05) is 7.05 Å². The largest absolute Gasteiger partial charge is 0.478 e. The molecule has 5 heteroatoms. The average molecular weight is 263 g/mol. The Hall–Kier alpha value is -2.14. The van der Waals surface area contributed by atoms with E-state index in [1.54, 1.807) is 6.07 Å². The van der Waals surface area contributed by atoms with E-state index in [9.17, 15) is 9.18 Å². The van der Waals surface area contributed by atoms with Gasteiger partial charge in [-0.25, -0.2) is 9.18 Å². The van der Waals surface area contributed by atoms with Crippen molar-refractivity contribution in [2.45, 2.75) is 13.1 Å². The number of carbonyl (C=O) groups is 1. The van der Waals surface area contributed by atoms with Crippen LogP contribution in [0.2, 0.25) is 0 Å². The molecule has 0 radical (unpaired) electrons. The van der Waals surface area contributed by atoms with Gasteiger partial charge < -0.3 is 9.52 Å². The molecule has 0 saturated carbocycles. The smallest absolute Gasteiger partial charge is 0.338 e. The van der Waals surface area contributed by atoms with Gasteiger partial charge in [0.05, 0.1) is 12.1 Å². The van der Waals surface area contributed by atoms with Gasteiger partial charge in [-0.15, -0.1) is 0 Å². The molecule has 0 fully saturated rings. The topological polar surface area (TPSA) is 53.7 Å². The van der Waals surface area contributed by atoms with Crippen molar-refractivity contribution in [3.63, 3.8) is 0 Å². The maximum absolute atomic E-state index is 13.0. The number of benzene rings is 1. The minimum absolute atomic E-state index is 0.133. The van der Waals surface area contributed by atoms with Gasteiger partial charge in [-0.05, 0) is 30.8 Å². The van der Waals surface area contributed by atoms with Gasteiger partial charge >= 0.3 is 5.97 Å². The lowest BCUT2D eigenvalue weighted by atomic mass is 10.2. The van der Waals surface area contributed by atoms with Crippen molar-refractivity contribution in [1.29, 1.82) is 0 Å². The zero-order valence-electron chi connectivity index (χ0n) is 10.5. The Balaban J connectivity index is 1.97. The van der Waals surface area contributed by atoms with Crippen LogP contribution in [-0.4, -0.2) is 23.0 Å². The third kappa shape index (κ3) is 3.66. The van der Waals surface area contributed by atoms with Gasteiger partial charge in [0.2, 0.25) is 0 Å². The number of rotatable bonds is 5. The van der Waals surface area contributed by atoms with Crippen LogP contribution in [0.5, 0.6) is 0 Å². The Labute approximate surface area is 110 Å². The zero-order chi connectivity index (χ0) is 13.8. The van der Waals surface area contributed by atoms with Crippen molar-refractivity contribution >= 4 is 5.97 Å². The molecule has 0 aliphatic rings. The Morgan fingerprint density at radius 2 is 2.16 bits per heavy atom. The van der Waals surface area contributed by atoms with E-state index in [-0.39, 0.29) is 11.4 Å². The Morgan fingerprint density at radius 1 is 1.37 bits per heavy atom. The van der Waals surface area contributed by atoms with E-state index >= 15 is 0 Å². The lowest BCUT2D eigenvalue weighted by Crippen LogP contribution is -2.16. The highest BCUT2D eigenvalue weighted by Crippen LogP contribution is 2.12. The summed E-state index contributed by atoms with van der Waals surface area (Å²) in [6, 6.07) is 7.86. The number of carboxylic acid groups (broad SMARTS) is 1. The molecule has 0 atom stereocenters. The molecule has 0 saturated heterocycles. The highest BCUT2D eigenvalue weighted by Gasteiger charge is 2.10. The summed E-state index contributed by atoms with van der Waals surface area (Å²) in [6.45, 7) is 1.02. The van der Waals surface area contributed by atoms with Crippen molar-refractivity contribution in [2.24, 2.45) is 0 Å². The maximum atomic E-state index is 13.0. The number of nitrogens with zero attached hydrogens (tertiary/aromatic N) is 1. The minimum atomic E-state index is -1.01. The average Bonchev–Trinajstić information content (AvgIpc) is 2.77. The van der Waals surface area contributed by atoms with Crippen molar-refractivity contribution in [3.05, 3.63) is 59.3 Å². The molecule has 1 N–H and O–H groups in total. The second-order valence-corrected chi connectivity index (χ2v) is 4.41. The Bertz CT molecular complexity index is 580. The van der Waals surface area contributed by atoms with E-state index in [0.717, 1.165) is 5.56 Å². The van der Waals surface area contributed by atoms with Gasteiger partial charge in [0.15, 0.2) is 0 Å². The van der Waals surface area contributed by atoms with Crippen molar-refractivity contribution < 1.29 is 18.7 Å². The minimum Gasteiger partial charge on any atom is -0.478 e. The molecule has 0 unspecified atom stereocenters. The summed E-state index contributed by atoms with van der Waals surface area (Å²) in [7, 11) is 1.86. The number of carboxylic acids is 1. The van der Waals surface area contributed by atoms with E-state index in [1.165, 1.54) is 24.5 Å². The number of hydrogen-bond donors (Lipinski definition) is 1. The van der Waals surface area contributed by atoms with E-state index < -0.39 is 5.97 Å². The highest BCUT2D eigenvalue weighted by molar-refractivity contribution is 5.87. The predicted octanol–water partition coefficient (Wildman–Crippen LogP) is 2.75. The summed E-state index contributed by atoms with van der Waals surface area (Å²) in [5.41, 5.74) is 0.988. The van der Waals surface area contributed by atoms with Crippen LogP contribution in [-0.2, 0) is 13.1 Å². The first-order valence-corrected chi connectivity index (χ1v) is 5.78. The summed E-state index contributed by atoms with van der Waals surface area (Å²) >= 11 is 0. The van der Waals surface area contributed by atoms with Crippen LogP contribution in [0.4, 0.5) is 4.39 Å². The van der Waals surface area contributed by atoms with E-state index in [0.29, 0.717) is 18.8 Å². The fourth-order valence-electron chi connectivity index (χ4n) is 1.84. The highest BCUT2D eigenvalue weighted by atomic mass is 19.1. The van der Waals surface area contributed by atoms with Crippen molar-refractivity contribution in [1.82, 2.24) is 4.90 Å². The van der Waals surface area contributed by atoms with Crippen LogP contribution in [0.3, 0.4) is 0 Å². The summed E-state index contributed by atoms with van der Waals surface area (Å²) in [5.74, 6) is -0.712. The number of furan rings is 1. The molecule has 0 bridgehead atoms. The maximum Gasteiger partial charge on any atom is 0.338 e. The van der Waals surface area contributed by atoms with Gasteiger partial charge in [-0.1, -0.05) is 12.1 Å². The summed E-state index contributed by atoms with van der Waals surface area (Å²) in [5, 5.41) is 8.78. The van der Waals surface area contributed by atoms with Gasteiger partial charge in [0.25, 0.3) is 0 Å². The fraction of sp³-hybridized carbons (Fsp3) is 0.214. The third-order valence-electron chi connectivity index (χ3n) is 2.67. The molecule has 1 aromatic heterocycles. The van der Waals surface area contributed by atoms with Crippen LogP contribution < -0.4 is 0 Å². The molecular weight excluding hydrogens is 249 g/mol. The molecule has 0 aliphatic carbocycles. The molecular formula is C14H14FNO3. The first-order chi connectivity index (χ1) is 9.04. The van der Waals surface area contributed by atoms with E-state index in [2.05, 4.69) is 0 Å². The molecule has 0 spiro atoms. The van der Waals surface area contributed by atoms with Crippen LogP contribution in [0.25, 0.3) is 0 Å². The number of halogens is 1. The molecule has 2 rings (SSSR count). The molecule has 0 amide bonds.